The highest BCUT2D eigenvalue weighted by Gasteiger charge is 2.14. The van der Waals surface area contributed by atoms with Gasteiger partial charge in [-0.2, -0.15) is 0 Å². The summed E-state index contributed by atoms with van der Waals surface area (Å²) in [5, 5.41) is 0. The Labute approximate surface area is 299 Å². The topological polar surface area (TPSA) is 40.6 Å². The van der Waals surface area contributed by atoms with Crippen molar-refractivity contribution >= 4 is 23.2 Å². The molecule has 0 aliphatic rings. The van der Waals surface area contributed by atoms with Gasteiger partial charge >= 0.3 is 0 Å². The summed E-state index contributed by atoms with van der Waals surface area (Å²) in [5.41, 5.74) is 1.79. The predicted molar refractivity (Wildman–Crippen MR) is 212 cm³/mol. The smallest absolute Gasteiger partial charge is 0.226 e. The molecule has 2 amide bonds. The number of carbonyl (C=O) groups excluding carboxylic acids is 2. The minimum Gasteiger partial charge on any atom is -0.316 e. The van der Waals surface area contributed by atoms with Crippen LogP contribution in [0, 0.1) is 0 Å². The average Bonchev–Trinajstić information content (AvgIpc) is 3.10. The van der Waals surface area contributed by atoms with Gasteiger partial charge in [-0.25, -0.2) is 0 Å². The number of hydrogen-bond donors (Lipinski definition) is 0. The summed E-state index contributed by atoms with van der Waals surface area (Å²) in [6.45, 7) is 4.57. The lowest BCUT2D eigenvalue weighted by molar-refractivity contribution is -0.119. The second-order valence-corrected chi connectivity index (χ2v) is 14.8. The minimum absolute atomic E-state index is 0.176. The molecule has 0 heterocycles. The van der Waals surface area contributed by atoms with E-state index in [4.69, 9.17) is 0 Å². The fourth-order valence-corrected chi connectivity index (χ4v) is 6.82. The van der Waals surface area contributed by atoms with Crippen molar-refractivity contribution in [1.82, 2.24) is 0 Å². The van der Waals surface area contributed by atoms with Crippen molar-refractivity contribution in [2.45, 2.75) is 219 Å². The van der Waals surface area contributed by atoms with Crippen LogP contribution >= 0.6 is 0 Å². The first-order chi connectivity index (χ1) is 23.5. The van der Waals surface area contributed by atoms with Crippen LogP contribution in [0.4, 0.5) is 11.4 Å². The van der Waals surface area contributed by atoms with Crippen LogP contribution in [0.5, 0.6) is 0 Å². The van der Waals surface area contributed by atoms with Gasteiger partial charge in [0.2, 0.25) is 11.8 Å². The number of anilines is 2. The van der Waals surface area contributed by atoms with Gasteiger partial charge in [0, 0.05) is 38.3 Å². The molecule has 0 aliphatic heterocycles. The number of hydrogen-bond acceptors (Lipinski definition) is 2. The molecule has 0 bridgehead atoms. The highest BCUT2D eigenvalue weighted by Crippen LogP contribution is 2.22. The first kappa shape index (κ1) is 44.2. The number of unbranched alkanes of at least 4 members (excludes halogenated alkanes) is 28. The maximum atomic E-state index is 12.8. The Morgan fingerprint density at radius 3 is 0.750 bits per heavy atom. The standard InChI is InChI=1S/C44H80N2O2/c1-5-7-9-11-13-15-17-19-21-23-25-27-29-31-33-35-43(47)45(3)41-37-39-42(40-38-41)46(4)44(48)36-34-32-30-28-26-24-22-20-18-16-14-12-10-8-6-2/h37-40H,5-36H2,1-4H3. The van der Waals surface area contributed by atoms with E-state index in [1.807, 2.05) is 38.4 Å². The van der Waals surface area contributed by atoms with Crippen LogP contribution in [0.2, 0.25) is 0 Å². The van der Waals surface area contributed by atoms with Crippen LogP contribution in [0.25, 0.3) is 0 Å². The Morgan fingerprint density at radius 1 is 0.354 bits per heavy atom. The Kier molecular flexibility index (Phi) is 29.8. The number of nitrogens with zero attached hydrogens (tertiary/aromatic N) is 2. The maximum Gasteiger partial charge on any atom is 0.226 e. The normalized spacial score (nSPS) is 11.2. The molecule has 4 heteroatoms. The molecule has 0 fully saturated rings. The summed E-state index contributed by atoms with van der Waals surface area (Å²) in [4.78, 5) is 29.1. The molecule has 0 saturated carbocycles. The molecule has 278 valence electrons. The summed E-state index contributed by atoms with van der Waals surface area (Å²) in [6, 6.07) is 7.88. The van der Waals surface area contributed by atoms with Gasteiger partial charge in [0.25, 0.3) is 0 Å². The maximum absolute atomic E-state index is 12.8. The predicted octanol–water partition coefficient (Wildman–Crippen LogP) is 14.1. The van der Waals surface area contributed by atoms with Gasteiger partial charge in [-0.3, -0.25) is 9.59 Å². The van der Waals surface area contributed by atoms with Gasteiger partial charge in [-0.1, -0.05) is 194 Å². The van der Waals surface area contributed by atoms with Crippen LogP contribution in [0.1, 0.15) is 219 Å². The van der Waals surface area contributed by atoms with Crippen molar-refractivity contribution in [3.63, 3.8) is 0 Å². The zero-order valence-electron chi connectivity index (χ0n) is 32.6. The van der Waals surface area contributed by atoms with Crippen LogP contribution in [0.15, 0.2) is 24.3 Å². The van der Waals surface area contributed by atoms with Crippen molar-refractivity contribution in [3.8, 4) is 0 Å². The molecule has 4 nitrogen and oxygen atoms in total. The molecule has 0 radical (unpaired) electrons. The third-order valence-electron chi connectivity index (χ3n) is 10.4. The van der Waals surface area contributed by atoms with Crippen molar-refractivity contribution in [2.24, 2.45) is 0 Å². The Balaban J connectivity index is 2.05. The second-order valence-electron chi connectivity index (χ2n) is 14.8. The zero-order valence-corrected chi connectivity index (χ0v) is 32.6. The lowest BCUT2D eigenvalue weighted by atomic mass is 10.0. The van der Waals surface area contributed by atoms with Gasteiger partial charge in [-0.15, -0.1) is 0 Å². The quantitative estimate of drug-likeness (QED) is 0.0686. The Bertz CT molecular complexity index is 796. The lowest BCUT2D eigenvalue weighted by Crippen LogP contribution is -2.27. The zero-order chi connectivity index (χ0) is 34.9. The average molecular weight is 669 g/mol. The van der Waals surface area contributed by atoms with Gasteiger partial charge in [0.15, 0.2) is 0 Å². The molecule has 0 aromatic heterocycles. The van der Waals surface area contributed by atoms with Gasteiger partial charge < -0.3 is 9.80 Å². The highest BCUT2D eigenvalue weighted by molar-refractivity contribution is 5.95. The van der Waals surface area contributed by atoms with E-state index in [1.165, 1.54) is 167 Å². The van der Waals surface area contributed by atoms with E-state index in [0.717, 1.165) is 37.1 Å². The number of amides is 2. The molecule has 48 heavy (non-hydrogen) atoms. The minimum atomic E-state index is 0.176. The first-order valence-corrected chi connectivity index (χ1v) is 21.1. The van der Waals surface area contributed by atoms with Crippen LogP contribution < -0.4 is 9.80 Å². The highest BCUT2D eigenvalue weighted by atomic mass is 16.2. The van der Waals surface area contributed by atoms with E-state index >= 15 is 0 Å². The molecule has 0 spiro atoms. The van der Waals surface area contributed by atoms with E-state index < -0.39 is 0 Å². The number of rotatable bonds is 34. The Morgan fingerprint density at radius 2 is 0.542 bits per heavy atom. The summed E-state index contributed by atoms with van der Waals surface area (Å²) >= 11 is 0. The number of carbonyl (C=O) groups is 2. The fraction of sp³-hybridized carbons (Fsp3) is 0.818. The summed E-state index contributed by atoms with van der Waals surface area (Å²) in [6.07, 6.45) is 41.2. The van der Waals surface area contributed by atoms with Crippen LogP contribution in [-0.4, -0.2) is 25.9 Å². The van der Waals surface area contributed by atoms with Gasteiger partial charge in [0.1, 0.15) is 0 Å². The molecular formula is C44H80N2O2. The molecule has 0 N–H and O–H groups in total. The van der Waals surface area contributed by atoms with Crippen molar-refractivity contribution in [1.29, 1.82) is 0 Å². The third-order valence-corrected chi connectivity index (χ3v) is 10.4. The van der Waals surface area contributed by atoms with E-state index in [-0.39, 0.29) is 11.8 Å². The van der Waals surface area contributed by atoms with Gasteiger partial charge in [0.05, 0.1) is 0 Å². The molecule has 1 aromatic carbocycles. The summed E-state index contributed by atoms with van der Waals surface area (Å²) in [5.74, 6) is 0.352. The van der Waals surface area contributed by atoms with Crippen molar-refractivity contribution in [3.05, 3.63) is 24.3 Å². The Hall–Kier alpha value is -1.84. The first-order valence-electron chi connectivity index (χ1n) is 21.1. The largest absolute Gasteiger partial charge is 0.316 e. The SMILES string of the molecule is CCCCCCCCCCCCCCCCCC(=O)N(C)c1ccc(N(C)C(=O)CCCCCCCCCCCCCCCCC)cc1. The molecule has 1 aromatic rings. The van der Waals surface area contributed by atoms with E-state index in [0.29, 0.717) is 12.8 Å². The van der Waals surface area contributed by atoms with E-state index in [9.17, 15) is 9.59 Å². The summed E-state index contributed by atoms with van der Waals surface area (Å²) < 4.78 is 0. The third kappa shape index (κ3) is 24.3. The van der Waals surface area contributed by atoms with Gasteiger partial charge in [-0.05, 0) is 37.1 Å². The monoisotopic (exact) mass is 669 g/mol. The molecule has 1 rings (SSSR count). The van der Waals surface area contributed by atoms with Crippen molar-refractivity contribution < 1.29 is 9.59 Å². The number of benzene rings is 1. The molecular weight excluding hydrogens is 588 g/mol. The van der Waals surface area contributed by atoms with Crippen LogP contribution in [-0.2, 0) is 9.59 Å². The molecule has 0 atom stereocenters. The van der Waals surface area contributed by atoms with Crippen molar-refractivity contribution in [2.75, 3.05) is 23.9 Å². The fourth-order valence-electron chi connectivity index (χ4n) is 6.82. The molecule has 0 aliphatic carbocycles. The second kappa shape index (κ2) is 32.4. The molecule has 0 saturated heterocycles. The van der Waals surface area contributed by atoms with E-state index in [2.05, 4.69) is 13.8 Å². The van der Waals surface area contributed by atoms with E-state index in [1.54, 1.807) is 9.80 Å². The van der Waals surface area contributed by atoms with Crippen LogP contribution in [0.3, 0.4) is 0 Å². The summed E-state index contributed by atoms with van der Waals surface area (Å²) in [7, 11) is 3.74. The molecule has 0 unspecified atom stereocenters. The lowest BCUT2D eigenvalue weighted by Gasteiger charge is -2.21.